The van der Waals surface area contributed by atoms with Gasteiger partial charge in [-0.1, -0.05) is 29.9 Å². The van der Waals surface area contributed by atoms with E-state index in [-0.39, 0.29) is 17.2 Å². The number of aryl methyl sites for hydroxylation is 1. The lowest BCUT2D eigenvalue weighted by atomic mass is 10.0. The molecule has 4 rings (SSSR count). The summed E-state index contributed by atoms with van der Waals surface area (Å²) in [4.78, 5) is 7.73. The van der Waals surface area contributed by atoms with Gasteiger partial charge in [-0.2, -0.15) is 0 Å². The fraction of sp³-hybridized carbons (Fsp3) is 0.200. The predicted octanol–water partition coefficient (Wildman–Crippen LogP) is 4.53. The maximum Gasteiger partial charge on any atom is 0.205 e. The highest BCUT2D eigenvalue weighted by Crippen LogP contribution is 2.41. The first-order valence-electron chi connectivity index (χ1n) is 8.36. The van der Waals surface area contributed by atoms with E-state index < -0.39 is 0 Å². The maximum atomic E-state index is 10.1. The number of nitrogens with zero attached hydrogens (tertiary/aromatic N) is 1. The molecule has 27 heavy (non-hydrogen) atoms. The second-order valence-corrected chi connectivity index (χ2v) is 6.70. The Kier molecular flexibility index (Phi) is 4.24. The molecule has 0 bridgehead atoms. The van der Waals surface area contributed by atoms with E-state index in [9.17, 15) is 5.11 Å². The Morgan fingerprint density at radius 2 is 1.85 bits per heavy atom. The highest BCUT2D eigenvalue weighted by Gasteiger charge is 2.21. The summed E-state index contributed by atoms with van der Waals surface area (Å²) in [7, 11) is 2.95. The normalized spacial score (nSPS) is 12.0. The lowest BCUT2D eigenvalue weighted by Crippen LogP contribution is -2.08. The Bertz CT molecular complexity index is 1080. The standard InChI is InChI=1S/C20H18N2O4S/c1-10-4-5-14-11(6-10)7-13-19(26-14)21-18(22-20(13)27)12-8-15(24-2)17(23)16(9-12)25-3/h4-6,8-9,23H,7H2,1-3H3,(H,21,22,27). The van der Waals surface area contributed by atoms with Crippen LogP contribution in [0.3, 0.4) is 0 Å². The summed E-state index contributed by atoms with van der Waals surface area (Å²) in [5, 5.41) is 10.1. The molecule has 7 heteroatoms. The van der Waals surface area contributed by atoms with Crippen LogP contribution in [0.5, 0.6) is 28.9 Å². The topological polar surface area (TPSA) is 76.6 Å². The van der Waals surface area contributed by atoms with Crippen molar-refractivity contribution in [1.82, 2.24) is 9.97 Å². The van der Waals surface area contributed by atoms with Crippen LogP contribution in [0.4, 0.5) is 0 Å². The van der Waals surface area contributed by atoms with E-state index in [0.29, 0.717) is 28.3 Å². The Morgan fingerprint density at radius 3 is 2.52 bits per heavy atom. The number of methoxy groups -OCH3 is 2. The number of fused-ring (bicyclic) bond motifs is 2. The molecule has 0 saturated heterocycles. The quantitative estimate of drug-likeness (QED) is 0.507. The Labute approximate surface area is 161 Å². The van der Waals surface area contributed by atoms with E-state index in [0.717, 1.165) is 16.9 Å². The first-order valence-corrected chi connectivity index (χ1v) is 8.77. The van der Waals surface area contributed by atoms with Gasteiger partial charge in [0.1, 0.15) is 16.2 Å². The zero-order valence-corrected chi connectivity index (χ0v) is 15.9. The molecule has 0 aliphatic carbocycles. The minimum absolute atomic E-state index is 0.0687. The summed E-state index contributed by atoms with van der Waals surface area (Å²) in [6, 6.07) is 9.39. The van der Waals surface area contributed by atoms with Crippen LogP contribution in [-0.2, 0) is 6.42 Å². The maximum absolute atomic E-state index is 10.1. The SMILES string of the molecule is COc1cc(-c2nc(=S)c3c([nH]2)Oc2ccc(C)cc2C3)cc(OC)c1O. The molecule has 3 aromatic rings. The van der Waals surface area contributed by atoms with Crippen LogP contribution in [0.2, 0.25) is 0 Å². The van der Waals surface area contributed by atoms with Crippen LogP contribution in [0, 0.1) is 11.6 Å². The van der Waals surface area contributed by atoms with Crippen molar-refractivity contribution in [2.24, 2.45) is 0 Å². The van der Waals surface area contributed by atoms with Gasteiger partial charge in [0.05, 0.1) is 19.8 Å². The number of hydrogen-bond acceptors (Lipinski definition) is 6. The molecular weight excluding hydrogens is 364 g/mol. The summed E-state index contributed by atoms with van der Waals surface area (Å²) < 4.78 is 16.9. The number of nitrogens with one attached hydrogen (secondary N) is 1. The van der Waals surface area contributed by atoms with Gasteiger partial charge in [-0.05, 0) is 30.7 Å². The van der Waals surface area contributed by atoms with Gasteiger partial charge in [-0.25, -0.2) is 4.98 Å². The molecule has 2 N–H and O–H groups in total. The fourth-order valence-electron chi connectivity index (χ4n) is 3.13. The number of phenols is 1. The van der Waals surface area contributed by atoms with Crippen molar-refractivity contribution >= 4 is 12.2 Å². The molecule has 0 unspecified atom stereocenters. The van der Waals surface area contributed by atoms with Crippen molar-refractivity contribution in [2.45, 2.75) is 13.3 Å². The Morgan fingerprint density at radius 1 is 1.15 bits per heavy atom. The van der Waals surface area contributed by atoms with Crippen LogP contribution >= 0.6 is 12.2 Å². The lowest BCUT2D eigenvalue weighted by Gasteiger charge is -2.21. The minimum Gasteiger partial charge on any atom is -0.502 e. The average Bonchev–Trinajstić information content (AvgIpc) is 2.67. The highest BCUT2D eigenvalue weighted by atomic mass is 32.1. The third-order valence-electron chi connectivity index (χ3n) is 4.53. The number of rotatable bonds is 3. The van der Waals surface area contributed by atoms with Gasteiger partial charge < -0.3 is 24.3 Å². The first-order chi connectivity index (χ1) is 13.0. The molecule has 6 nitrogen and oxygen atoms in total. The molecule has 138 valence electrons. The van der Waals surface area contributed by atoms with Crippen molar-refractivity contribution in [3.63, 3.8) is 0 Å². The average molecular weight is 382 g/mol. The number of H-pyrrole nitrogens is 1. The monoisotopic (exact) mass is 382 g/mol. The van der Waals surface area contributed by atoms with Crippen molar-refractivity contribution in [3.05, 3.63) is 51.7 Å². The number of benzene rings is 2. The van der Waals surface area contributed by atoms with E-state index in [1.54, 1.807) is 12.1 Å². The van der Waals surface area contributed by atoms with Gasteiger partial charge in [0, 0.05) is 12.0 Å². The predicted molar refractivity (Wildman–Crippen MR) is 104 cm³/mol. The zero-order chi connectivity index (χ0) is 19.1. The number of hydrogen-bond donors (Lipinski definition) is 2. The van der Waals surface area contributed by atoms with E-state index in [1.165, 1.54) is 19.8 Å². The third-order valence-corrected chi connectivity index (χ3v) is 4.86. The second-order valence-electron chi connectivity index (χ2n) is 6.32. The molecule has 0 atom stereocenters. The van der Waals surface area contributed by atoms with Gasteiger partial charge >= 0.3 is 0 Å². The smallest absolute Gasteiger partial charge is 0.205 e. The summed E-state index contributed by atoms with van der Waals surface area (Å²) in [5.74, 6) is 2.38. The highest BCUT2D eigenvalue weighted by molar-refractivity contribution is 7.71. The number of aromatic nitrogens is 2. The van der Waals surface area contributed by atoms with Gasteiger partial charge in [0.25, 0.3) is 0 Å². The van der Waals surface area contributed by atoms with Gasteiger partial charge in [0.15, 0.2) is 11.5 Å². The van der Waals surface area contributed by atoms with E-state index >= 15 is 0 Å². The number of ether oxygens (including phenoxy) is 3. The molecule has 0 radical (unpaired) electrons. The van der Waals surface area contributed by atoms with Gasteiger partial charge in [-0.15, -0.1) is 0 Å². The second kappa shape index (κ2) is 6.59. The van der Waals surface area contributed by atoms with Crippen LogP contribution in [0.15, 0.2) is 30.3 Å². The Hall–Kier alpha value is -3.06. The van der Waals surface area contributed by atoms with Crippen LogP contribution in [0.25, 0.3) is 11.4 Å². The zero-order valence-electron chi connectivity index (χ0n) is 15.1. The van der Waals surface area contributed by atoms with Gasteiger partial charge in [-0.3, -0.25) is 0 Å². The molecule has 0 fully saturated rings. The first kappa shape index (κ1) is 17.4. The number of aromatic amines is 1. The van der Waals surface area contributed by atoms with Crippen LogP contribution in [0.1, 0.15) is 16.7 Å². The molecule has 2 heterocycles. The molecular formula is C20H18N2O4S. The summed E-state index contributed by atoms with van der Waals surface area (Å²) in [6.07, 6.45) is 0.664. The minimum atomic E-state index is -0.0687. The molecule has 1 aliphatic heterocycles. The summed E-state index contributed by atoms with van der Waals surface area (Å²) in [6.45, 7) is 2.05. The van der Waals surface area contributed by atoms with Crippen LogP contribution in [-0.4, -0.2) is 29.3 Å². The largest absolute Gasteiger partial charge is 0.502 e. The molecule has 1 aromatic heterocycles. The Balaban J connectivity index is 1.82. The van der Waals surface area contributed by atoms with E-state index in [1.807, 2.05) is 19.1 Å². The molecule has 2 aromatic carbocycles. The third kappa shape index (κ3) is 3.00. The van der Waals surface area contributed by atoms with E-state index in [2.05, 4.69) is 16.0 Å². The van der Waals surface area contributed by atoms with Crippen molar-refractivity contribution in [3.8, 4) is 40.3 Å². The lowest BCUT2D eigenvalue weighted by molar-refractivity contribution is 0.340. The fourth-order valence-corrected chi connectivity index (χ4v) is 3.39. The summed E-state index contributed by atoms with van der Waals surface area (Å²) in [5.41, 5.74) is 3.77. The van der Waals surface area contributed by atoms with Crippen LogP contribution < -0.4 is 14.2 Å². The molecule has 0 saturated carbocycles. The van der Waals surface area contributed by atoms with Gasteiger partial charge in [0.2, 0.25) is 11.6 Å². The van der Waals surface area contributed by atoms with Crippen molar-refractivity contribution in [1.29, 1.82) is 0 Å². The number of phenolic OH excluding ortho intramolecular Hbond substituents is 1. The molecule has 0 spiro atoms. The molecule has 1 aliphatic rings. The molecule has 0 amide bonds. The van der Waals surface area contributed by atoms with E-state index in [4.69, 9.17) is 26.4 Å². The van der Waals surface area contributed by atoms with Crippen molar-refractivity contribution in [2.75, 3.05) is 14.2 Å². The number of aromatic hydroxyl groups is 1. The summed E-state index contributed by atoms with van der Waals surface area (Å²) >= 11 is 5.51. The van der Waals surface area contributed by atoms with Crippen molar-refractivity contribution < 1.29 is 19.3 Å².